The summed E-state index contributed by atoms with van der Waals surface area (Å²) in [6.07, 6.45) is -0.738. The molecule has 0 radical (unpaired) electrons. The fourth-order valence-corrected chi connectivity index (χ4v) is 3.99. The minimum atomic E-state index is -0.738. The number of hydrogen-bond donors (Lipinski definition) is 2. The van der Waals surface area contributed by atoms with Gasteiger partial charge in [-0.3, -0.25) is 14.6 Å². The summed E-state index contributed by atoms with van der Waals surface area (Å²) in [6.45, 7) is 5.34. The van der Waals surface area contributed by atoms with E-state index in [0.29, 0.717) is 42.8 Å². The lowest BCUT2D eigenvalue weighted by Crippen LogP contribution is -2.55. The number of halogens is 3. The van der Waals surface area contributed by atoms with Gasteiger partial charge in [0.1, 0.15) is 12.7 Å². The predicted molar refractivity (Wildman–Crippen MR) is 124 cm³/mol. The van der Waals surface area contributed by atoms with Crippen LogP contribution < -0.4 is 10.1 Å². The molecule has 2 aromatic carbocycles. The molecule has 1 saturated heterocycles. The maximum atomic E-state index is 13.6. The molecule has 0 saturated carbocycles. The number of para-hydroxylation sites is 1. The van der Waals surface area contributed by atoms with E-state index in [9.17, 15) is 14.3 Å². The van der Waals surface area contributed by atoms with E-state index >= 15 is 0 Å². The number of aliphatic hydroxyl groups is 1. The second-order valence-electron chi connectivity index (χ2n) is 8.00. The van der Waals surface area contributed by atoms with Gasteiger partial charge in [-0.25, -0.2) is 4.39 Å². The van der Waals surface area contributed by atoms with E-state index < -0.39 is 11.9 Å². The minimum absolute atomic E-state index is 0.0188. The molecule has 2 atom stereocenters. The monoisotopic (exact) mass is 483 g/mol. The lowest BCUT2D eigenvalue weighted by molar-refractivity contribution is -0.123. The summed E-state index contributed by atoms with van der Waals surface area (Å²) < 4.78 is 19.0. The topological polar surface area (TPSA) is 65.0 Å². The molecule has 32 heavy (non-hydrogen) atoms. The number of rotatable bonds is 9. The van der Waals surface area contributed by atoms with Crippen molar-refractivity contribution in [2.24, 2.45) is 0 Å². The van der Waals surface area contributed by atoms with Crippen LogP contribution in [0.3, 0.4) is 0 Å². The van der Waals surface area contributed by atoms with Gasteiger partial charge in [0.2, 0.25) is 5.91 Å². The van der Waals surface area contributed by atoms with Gasteiger partial charge in [-0.2, -0.15) is 0 Å². The van der Waals surface area contributed by atoms with Gasteiger partial charge in [0.15, 0.2) is 11.6 Å². The van der Waals surface area contributed by atoms with E-state index in [0.717, 1.165) is 12.1 Å². The number of nitrogens with zero attached hydrogens (tertiary/aromatic N) is 2. The summed E-state index contributed by atoms with van der Waals surface area (Å²) in [6, 6.07) is 11.6. The zero-order valence-corrected chi connectivity index (χ0v) is 19.4. The van der Waals surface area contributed by atoms with Gasteiger partial charge in [-0.05, 0) is 36.8 Å². The average Bonchev–Trinajstić information content (AvgIpc) is 2.76. The van der Waals surface area contributed by atoms with Crippen molar-refractivity contribution in [3.8, 4) is 5.75 Å². The Morgan fingerprint density at radius 1 is 1.25 bits per heavy atom. The van der Waals surface area contributed by atoms with Crippen molar-refractivity contribution in [2.45, 2.75) is 25.6 Å². The number of amides is 1. The minimum Gasteiger partial charge on any atom is -0.488 e. The van der Waals surface area contributed by atoms with Crippen LogP contribution in [0, 0.1) is 5.82 Å². The third-order valence-corrected chi connectivity index (χ3v) is 6.14. The first-order valence-electron chi connectivity index (χ1n) is 10.5. The molecule has 0 aromatic heterocycles. The highest BCUT2D eigenvalue weighted by atomic mass is 35.5. The molecule has 1 heterocycles. The Hall–Kier alpha value is -1.90. The van der Waals surface area contributed by atoms with Crippen LogP contribution in [0.4, 0.5) is 4.39 Å². The predicted octanol–water partition coefficient (Wildman–Crippen LogP) is 3.19. The Morgan fingerprint density at radius 2 is 2.03 bits per heavy atom. The Bertz CT molecular complexity index is 918. The molecule has 1 fully saturated rings. The molecule has 1 amide bonds. The second-order valence-corrected chi connectivity index (χ2v) is 8.81. The first-order chi connectivity index (χ1) is 15.3. The van der Waals surface area contributed by atoms with E-state index in [1.165, 1.54) is 12.1 Å². The fraction of sp³-hybridized carbons (Fsp3) is 0.435. The number of piperazine rings is 1. The van der Waals surface area contributed by atoms with Crippen molar-refractivity contribution in [1.29, 1.82) is 0 Å². The van der Waals surface area contributed by atoms with Crippen LogP contribution in [0.25, 0.3) is 0 Å². The third kappa shape index (κ3) is 7.32. The summed E-state index contributed by atoms with van der Waals surface area (Å²) in [5, 5.41) is 14.2. The Labute approximate surface area is 197 Å². The summed E-state index contributed by atoms with van der Waals surface area (Å²) in [7, 11) is 0. The van der Waals surface area contributed by atoms with Gasteiger partial charge in [-0.15, -0.1) is 0 Å². The van der Waals surface area contributed by atoms with E-state index in [2.05, 4.69) is 22.0 Å². The highest BCUT2D eigenvalue weighted by Crippen LogP contribution is 2.22. The molecular formula is C23H28Cl2FN3O3. The lowest BCUT2D eigenvalue weighted by atomic mass is 10.1. The van der Waals surface area contributed by atoms with Crippen molar-refractivity contribution >= 4 is 29.1 Å². The molecule has 3 rings (SSSR count). The molecule has 0 spiro atoms. The molecule has 2 N–H and O–H groups in total. The van der Waals surface area contributed by atoms with E-state index in [4.69, 9.17) is 27.9 Å². The molecule has 0 aliphatic carbocycles. The Morgan fingerprint density at radius 3 is 2.75 bits per heavy atom. The maximum Gasteiger partial charge on any atom is 0.234 e. The largest absolute Gasteiger partial charge is 0.488 e. The molecule has 2 aromatic rings. The number of hydrogen-bond acceptors (Lipinski definition) is 5. The number of ether oxygens (including phenoxy) is 1. The standard InChI is InChI=1S/C23H28Cl2FN3O3/c1-16-12-28(14-23(31)27-11-17-6-7-19(24)20(25)10-17)8-9-29(16)13-18(30)15-32-22-5-3-2-4-21(22)26/h2-7,10,16,18,30H,8-9,11-15H2,1H3,(H,27,31)/t16-,18+/m0/s1. The fourth-order valence-electron chi connectivity index (χ4n) is 3.67. The smallest absolute Gasteiger partial charge is 0.234 e. The van der Waals surface area contributed by atoms with Gasteiger partial charge in [0, 0.05) is 38.8 Å². The quantitative estimate of drug-likeness (QED) is 0.573. The van der Waals surface area contributed by atoms with E-state index in [1.807, 2.05) is 6.07 Å². The van der Waals surface area contributed by atoms with Gasteiger partial charge >= 0.3 is 0 Å². The molecule has 0 unspecified atom stereocenters. The zero-order valence-electron chi connectivity index (χ0n) is 17.9. The highest BCUT2D eigenvalue weighted by molar-refractivity contribution is 6.42. The number of carbonyl (C=O) groups is 1. The van der Waals surface area contributed by atoms with Crippen LogP contribution >= 0.6 is 23.2 Å². The molecule has 174 valence electrons. The van der Waals surface area contributed by atoms with Crippen LogP contribution in [0.5, 0.6) is 5.75 Å². The third-order valence-electron chi connectivity index (χ3n) is 5.40. The normalized spacial score (nSPS) is 18.3. The molecule has 0 bridgehead atoms. The SMILES string of the molecule is C[C@H]1CN(CC(=O)NCc2ccc(Cl)c(Cl)c2)CCN1C[C@@H](O)COc1ccccc1F. The first-order valence-corrected chi connectivity index (χ1v) is 11.3. The molecule has 9 heteroatoms. The first kappa shape index (κ1) is 24.7. The van der Waals surface area contributed by atoms with Crippen molar-refractivity contribution in [3.05, 3.63) is 63.9 Å². The van der Waals surface area contributed by atoms with Crippen LogP contribution in [0.15, 0.2) is 42.5 Å². The van der Waals surface area contributed by atoms with Crippen molar-refractivity contribution in [1.82, 2.24) is 15.1 Å². The summed E-state index contributed by atoms with van der Waals surface area (Å²) >= 11 is 11.9. The average molecular weight is 484 g/mol. The van der Waals surface area contributed by atoms with Gasteiger partial charge in [0.05, 0.1) is 16.6 Å². The number of β-amino-alcohol motifs (C(OH)–C–C–N with tert-alkyl or cyclic N) is 1. The molecular weight excluding hydrogens is 456 g/mol. The maximum absolute atomic E-state index is 13.6. The number of benzene rings is 2. The van der Waals surface area contributed by atoms with Gasteiger partial charge in [0.25, 0.3) is 0 Å². The highest BCUT2D eigenvalue weighted by Gasteiger charge is 2.26. The summed E-state index contributed by atoms with van der Waals surface area (Å²) in [5.74, 6) is -0.370. The Balaban J connectivity index is 1.38. The van der Waals surface area contributed by atoms with Crippen molar-refractivity contribution < 1.29 is 19.0 Å². The van der Waals surface area contributed by atoms with Crippen LogP contribution in [0.1, 0.15) is 12.5 Å². The summed E-state index contributed by atoms with van der Waals surface area (Å²) in [4.78, 5) is 16.6. The van der Waals surface area contributed by atoms with Crippen molar-refractivity contribution in [2.75, 3.05) is 39.3 Å². The lowest BCUT2D eigenvalue weighted by Gasteiger charge is -2.40. The number of carbonyl (C=O) groups excluding carboxylic acids is 1. The Kier molecular flexibility index (Phi) is 9.13. The summed E-state index contributed by atoms with van der Waals surface area (Å²) in [5.41, 5.74) is 0.887. The van der Waals surface area contributed by atoms with E-state index in [1.54, 1.807) is 24.3 Å². The molecule has 6 nitrogen and oxygen atoms in total. The van der Waals surface area contributed by atoms with Gasteiger partial charge < -0.3 is 15.2 Å². The van der Waals surface area contributed by atoms with Crippen LogP contribution in [-0.2, 0) is 11.3 Å². The number of nitrogens with one attached hydrogen (secondary N) is 1. The van der Waals surface area contributed by atoms with Crippen LogP contribution in [-0.4, -0.2) is 72.3 Å². The van der Waals surface area contributed by atoms with Crippen molar-refractivity contribution in [3.63, 3.8) is 0 Å². The number of aliphatic hydroxyl groups excluding tert-OH is 1. The second kappa shape index (κ2) is 11.8. The van der Waals surface area contributed by atoms with E-state index in [-0.39, 0.29) is 24.3 Å². The van der Waals surface area contributed by atoms with Crippen LogP contribution in [0.2, 0.25) is 10.0 Å². The molecule has 1 aliphatic heterocycles. The molecule has 1 aliphatic rings. The zero-order chi connectivity index (χ0) is 23.1. The van der Waals surface area contributed by atoms with Gasteiger partial charge in [-0.1, -0.05) is 41.4 Å².